The van der Waals surface area contributed by atoms with E-state index in [9.17, 15) is 13.6 Å². The average molecular weight is 439 g/mol. The van der Waals surface area contributed by atoms with E-state index < -0.39 is 11.9 Å². The topological polar surface area (TPSA) is 90.6 Å². The second-order valence-corrected chi connectivity index (χ2v) is 6.83. The molecule has 4 rings (SSSR count). The molecule has 10 heteroatoms. The molecule has 8 nitrogen and oxygen atoms in total. The fraction of sp³-hybridized carbons (Fsp3) is 0.182. The molecule has 2 heterocycles. The molecule has 1 atom stereocenters. The van der Waals surface area contributed by atoms with E-state index in [1.54, 1.807) is 37.3 Å². The van der Waals surface area contributed by atoms with Crippen LogP contribution < -0.4 is 14.8 Å². The van der Waals surface area contributed by atoms with Gasteiger partial charge in [-0.15, -0.1) is 15.3 Å². The molecule has 0 unspecified atom stereocenters. The summed E-state index contributed by atoms with van der Waals surface area (Å²) in [5.41, 5.74) is 1.16. The fourth-order valence-electron chi connectivity index (χ4n) is 2.90. The number of nitrogens with zero attached hydrogens (tertiary/aromatic N) is 4. The number of nitrogens with one attached hydrogen (secondary N) is 1. The van der Waals surface area contributed by atoms with Gasteiger partial charge in [-0.3, -0.25) is 4.79 Å². The highest BCUT2D eigenvalue weighted by Gasteiger charge is 2.15. The molecule has 1 amide bonds. The molecule has 0 aliphatic heterocycles. The normalized spacial score (nSPS) is 11.8. The van der Waals surface area contributed by atoms with E-state index in [1.807, 2.05) is 0 Å². The maximum absolute atomic E-state index is 13.2. The van der Waals surface area contributed by atoms with Crippen LogP contribution in [0.4, 0.5) is 8.78 Å². The van der Waals surface area contributed by atoms with Gasteiger partial charge in [0.05, 0.1) is 6.54 Å². The van der Waals surface area contributed by atoms with Crippen molar-refractivity contribution in [3.8, 4) is 23.0 Å². The van der Waals surface area contributed by atoms with Gasteiger partial charge in [0, 0.05) is 17.7 Å². The summed E-state index contributed by atoms with van der Waals surface area (Å²) in [7, 11) is 0. The molecule has 0 aliphatic carbocycles. The van der Waals surface area contributed by atoms with E-state index in [-0.39, 0.29) is 30.6 Å². The zero-order valence-corrected chi connectivity index (χ0v) is 17.0. The monoisotopic (exact) mass is 439 g/mol. The first-order valence-electron chi connectivity index (χ1n) is 9.81. The highest BCUT2D eigenvalue weighted by atomic mass is 19.1. The number of carbonyl (C=O) groups excluding carboxylic acids is 1. The van der Waals surface area contributed by atoms with Gasteiger partial charge in [-0.2, -0.15) is 4.52 Å². The van der Waals surface area contributed by atoms with E-state index in [0.29, 0.717) is 22.9 Å². The fourth-order valence-corrected chi connectivity index (χ4v) is 2.90. The maximum Gasteiger partial charge on any atom is 0.260 e. The molecular formula is C22H19F2N5O3. The van der Waals surface area contributed by atoms with Crippen molar-refractivity contribution in [2.24, 2.45) is 0 Å². The lowest BCUT2D eigenvalue weighted by molar-refractivity contribution is -0.127. The lowest BCUT2D eigenvalue weighted by atomic mass is 10.2. The maximum atomic E-state index is 13.2. The molecule has 0 saturated heterocycles. The van der Waals surface area contributed by atoms with Crippen molar-refractivity contribution in [3.05, 3.63) is 72.3 Å². The van der Waals surface area contributed by atoms with Crippen LogP contribution >= 0.6 is 0 Å². The Morgan fingerprint density at radius 1 is 1.06 bits per heavy atom. The summed E-state index contributed by atoms with van der Waals surface area (Å²) in [6, 6.07) is 14.7. The van der Waals surface area contributed by atoms with Gasteiger partial charge in [-0.25, -0.2) is 8.78 Å². The number of hydrogen-bond donors (Lipinski definition) is 1. The van der Waals surface area contributed by atoms with Crippen molar-refractivity contribution in [1.82, 2.24) is 25.1 Å². The Kier molecular flexibility index (Phi) is 6.20. The number of ether oxygens (including phenoxy) is 2. The van der Waals surface area contributed by atoms with E-state index >= 15 is 0 Å². The highest BCUT2D eigenvalue weighted by molar-refractivity contribution is 5.80. The first-order chi connectivity index (χ1) is 15.5. The van der Waals surface area contributed by atoms with E-state index in [0.717, 1.165) is 0 Å². The molecule has 0 aliphatic rings. The van der Waals surface area contributed by atoms with Crippen molar-refractivity contribution in [1.29, 1.82) is 0 Å². The van der Waals surface area contributed by atoms with Crippen molar-refractivity contribution in [3.63, 3.8) is 0 Å². The third kappa shape index (κ3) is 4.97. The van der Waals surface area contributed by atoms with Crippen molar-refractivity contribution in [2.45, 2.75) is 13.0 Å². The lowest BCUT2D eigenvalue weighted by Gasteiger charge is -2.15. The third-order valence-corrected chi connectivity index (χ3v) is 4.47. The number of amides is 1. The summed E-state index contributed by atoms with van der Waals surface area (Å²) in [6.45, 7) is 1.94. The molecule has 164 valence electrons. The predicted octanol–water partition coefficient (Wildman–Crippen LogP) is 3.03. The second kappa shape index (κ2) is 9.38. The minimum absolute atomic E-state index is 0.158. The zero-order valence-electron chi connectivity index (χ0n) is 17.0. The van der Waals surface area contributed by atoms with Gasteiger partial charge in [0.2, 0.25) is 5.88 Å². The minimum Gasteiger partial charge on any atom is -0.481 e. The van der Waals surface area contributed by atoms with Gasteiger partial charge in [0.1, 0.15) is 24.0 Å². The van der Waals surface area contributed by atoms with E-state index in [4.69, 9.17) is 9.47 Å². The molecule has 0 radical (unpaired) electrons. The minimum atomic E-state index is -0.804. The van der Waals surface area contributed by atoms with Crippen LogP contribution in [-0.4, -0.2) is 45.0 Å². The molecule has 2 aromatic heterocycles. The molecule has 4 aromatic rings. The molecule has 0 saturated carbocycles. The summed E-state index contributed by atoms with van der Waals surface area (Å²) in [5, 5.41) is 15.2. The van der Waals surface area contributed by atoms with Gasteiger partial charge in [-0.05, 0) is 49.4 Å². The first-order valence-corrected chi connectivity index (χ1v) is 9.81. The Bertz CT molecular complexity index is 1230. The molecule has 0 bridgehead atoms. The molecule has 2 aromatic carbocycles. The van der Waals surface area contributed by atoms with Gasteiger partial charge in [-0.1, -0.05) is 6.07 Å². The van der Waals surface area contributed by atoms with Crippen LogP contribution in [-0.2, 0) is 4.79 Å². The number of fused-ring (bicyclic) bond motifs is 1. The van der Waals surface area contributed by atoms with Gasteiger partial charge < -0.3 is 14.8 Å². The summed E-state index contributed by atoms with van der Waals surface area (Å²) >= 11 is 0. The Morgan fingerprint density at radius 2 is 1.88 bits per heavy atom. The third-order valence-electron chi connectivity index (χ3n) is 4.47. The Hall–Kier alpha value is -4.08. The van der Waals surface area contributed by atoms with Crippen LogP contribution in [0.3, 0.4) is 0 Å². The van der Waals surface area contributed by atoms with Gasteiger partial charge in [0.15, 0.2) is 17.6 Å². The smallest absolute Gasteiger partial charge is 0.260 e. The van der Waals surface area contributed by atoms with Gasteiger partial charge >= 0.3 is 0 Å². The first kappa shape index (κ1) is 21.2. The van der Waals surface area contributed by atoms with Crippen LogP contribution in [0.5, 0.6) is 11.6 Å². The Morgan fingerprint density at radius 3 is 2.66 bits per heavy atom. The van der Waals surface area contributed by atoms with Crippen LogP contribution in [0.2, 0.25) is 0 Å². The number of benzene rings is 2. The molecule has 32 heavy (non-hydrogen) atoms. The number of rotatable bonds is 8. The zero-order chi connectivity index (χ0) is 22.5. The van der Waals surface area contributed by atoms with Crippen LogP contribution in [0.15, 0.2) is 60.7 Å². The summed E-state index contributed by atoms with van der Waals surface area (Å²) in [5.74, 6) is -0.132. The van der Waals surface area contributed by atoms with Crippen LogP contribution in [0.25, 0.3) is 17.0 Å². The molecular weight excluding hydrogens is 420 g/mol. The number of hydrogen-bond acceptors (Lipinski definition) is 6. The summed E-state index contributed by atoms with van der Waals surface area (Å²) in [4.78, 5) is 12.2. The number of aromatic nitrogens is 4. The van der Waals surface area contributed by atoms with Crippen molar-refractivity contribution >= 4 is 11.6 Å². The summed E-state index contributed by atoms with van der Waals surface area (Å²) in [6.07, 6.45) is -0.804. The SMILES string of the molecule is C[C@@H](Oc1cccc(F)c1)C(=O)NCCOc1ccc2nnc(-c3ccc(F)cc3)n2n1. The Labute approximate surface area is 181 Å². The highest BCUT2D eigenvalue weighted by Crippen LogP contribution is 2.19. The summed E-state index contributed by atoms with van der Waals surface area (Å²) < 4.78 is 38.9. The average Bonchev–Trinajstić information content (AvgIpc) is 3.20. The second-order valence-electron chi connectivity index (χ2n) is 6.83. The lowest BCUT2D eigenvalue weighted by Crippen LogP contribution is -2.38. The predicted molar refractivity (Wildman–Crippen MR) is 111 cm³/mol. The standard InChI is InChI=1S/C22H19F2N5O3/c1-14(32-18-4-2-3-17(24)13-18)22(30)25-11-12-31-20-10-9-19-26-27-21(29(19)28-20)15-5-7-16(23)8-6-15/h2-10,13-14H,11-12H2,1H3,(H,25,30)/t14-/m1/s1. The molecule has 0 fully saturated rings. The van der Waals surface area contributed by atoms with E-state index in [2.05, 4.69) is 20.6 Å². The van der Waals surface area contributed by atoms with Crippen molar-refractivity contribution < 1.29 is 23.0 Å². The van der Waals surface area contributed by atoms with Crippen LogP contribution in [0, 0.1) is 11.6 Å². The quantitative estimate of drug-likeness (QED) is 0.425. The largest absolute Gasteiger partial charge is 0.481 e. The molecule has 1 N–H and O–H groups in total. The van der Waals surface area contributed by atoms with E-state index in [1.165, 1.54) is 34.8 Å². The Balaban J connectivity index is 1.32. The molecule has 0 spiro atoms. The number of halogens is 2. The number of carbonyl (C=O) groups is 1. The van der Waals surface area contributed by atoms with Crippen molar-refractivity contribution in [2.75, 3.05) is 13.2 Å². The van der Waals surface area contributed by atoms with Gasteiger partial charge in [0.25, 0.3) is 5.91 Å². The van der Waals surface area contributed by atoms with Crippen LogP contribution in [0.1, 0.15) is 6.92 Å².